The van der Waals surface area contributed by atoms with Crippen LogP contribution >= 0.6 is 11.8 Å². The number of hydrogen-bond donors (Lipinski definition) is 1. The van der Waals surface area contributed by atoms with Crippen molar-refractivity contribution in [3.63, 3.8) is 0 Å². The van der Waals surface area contributed by atoms with E-state index in [9.17, 15) is 9.59 Å². The van der Waals surface area contributed by atoms with Crippen molar-refractivity contribution in [2.45, 2.75) is 38.5 Å². The van der Waals surface area contributed by atoms with E-state index in [4.69, 9.17) is 0 Å². The molecule has 0 radical (unpaired) electrons. The van der Waals surface area contributed by atoms with Gasteiger partial charge in [0.25, 0.3) is 5.91 Å². The topological polar surface area (TPSA) is 49.4 Å². The molecular formula is C27H28N2O2S. The molecule has 1 atom stereocenters. The highest BCUT2D eigenvalue weighted by Crippen LogP contribution is 2.42. The quantitative estimate of drug-likeness (QED) is 0.512. The van der Waals surface area contributed by atoms with Crippen molar-refractivity contribution in [2.24, 2.45) is 0 Å². The van der Waals surface area contributed by atoms with Crippen LogP contribution in [-0.2, 0) is 10.2 Å². The number of nitrogens with zero attached hydrogens (tertiary/aromatic N) is 1. The van der Waals surface area contributed by atoms with Gasteiger partial charge in [-0.1, -0.05) is 62.7 Å². The van der Waals surface area contributed by atoms with Crippen LogP contribution in [0.1, 0.15) is 53.2 Å². The van der Waals surface area contributed by atoms with E-state index in [2.05, 4.69) is 26.1 Å². The lowest BCUT2D eigenvalue weighted by Gasteiger charge is -2.24. The smallest absolute Gasteiger partial charge is 0.255 e. The third-order valence-corrected chi connectivity index (χ3v) is 6.86. The van der Waals surface area contributed by atoms with Crippen molar-refractivity contribution in [2.75, 3.05) is 16.0 Å². The predicted molar refractivity (Wildman–Crippen MR) is 133 cm³/mol. The number of amides is 2. The number of rotatable bonds is 4. The van der Waals surface area contributed by atoms with Crippen LogP contribution in [0.3, 0.4) is 0 Å². The first-order chi connectivity index (χ1) is 15.2. The fourth-order valence-electron chi connectivity index (χ4n) is 3.71. The van der Waals surface area contributed by atoms with Crippen LogP contribution in [0, 0.1) is 6.92 Å². The molecule has 1 heterocycles. The first-order valence-corrected chi connectivity index (χ1v) is 11.8. The van der Waals surface area contributed by atoms with Gasteiger partial charge in [0.1, 0.15) is 5.37 Å². The van der Waals surface area contributed by atoms with Gasteiger partial charge in [-0.15, -0.1) is 11.8 Å². The van der Waals surface area contributed by atoms with E-state index >= 15 is 0 Å². The molecule has 4 rings (SSSR count). The van der Waals surface area contributed by atoms with E-state index in [0.29, 0.717) is 11.3 Å². The molecule has 0 aromatic heterocycles. The Morgan fingerprint density at radius 1 is 0.938 bits per heavy atom. The van der Waals surface area contributed by atoms with Gasteiger partial charge in [-0.3, -0.25) is 14.5 Å². The summed E-state index contributed by atoms with van der Waals surface area (Å²) in [4.78, 5) is 27.1. The molecule has 0 aliphatic carbocycles. The highest BCUT2D eigenvalue weighted by Gasteiger charge is 2.33. The van der Waals surface area contributed by atoms with E-state index < -0.39 is 0 Å². The van der Waals surface area contributed by atoms with Gasteiger partial charge in [-0.2, -0.15) is 0 Å². The normalized spacial score (nSPS) is 16.3. The van der Waals surface area contributed by atoms with Gasteiger partial charge in [-0.25, -0.2) is 0 Å². The molecule has 0 bridgehead atoms. The molecule has 0 spiro atoms. The molecule has 2 amide bonds. The molecule has 1 aliphatic rings. The fourth-order valence-corrected chi connectivity index (χ4v) is 4.89. The Labute approximate surface area is 194 Å². The van der Waals surface area contributed by atoms with Gasteiger partial charge < -0.3 is 5.32 Å². The number of thioether (sulfide) groups is 1. The molecule has 5 heteroatoms. The lowest BCUT2D eigenvalue weighted by molar-refractivity contribution is -0.115. The van der Waals surface area contributed by atoms with Crippen molar-refractivity contribution in [1.82, 2.24) is 0 Å². The highest BCUT2D eigenvalue weighted by atomic mass is 32.2. The van der Waals surface area contributed by atoms with Crippen molar-refractivity contribution >= 4 is 35.0 Å². The molecular weight excluding hydrogens is 416 g/mol. The zero-order valence-electron chi connectivity index (χ0n) is 18.9. The fraction of sp³-hybridized carbons (Fsp3) is 0.259. The Balaban J connectivity index is 1.47. The van der Waals surface area contributed by atoms with Crippen LogP contribution < -0.4 is 10.2 Å². The first kappa shape index (κ1) is 22.2. The minimum absolute atomic E-state index is 0.0525. The third-order valence-electron chi connectivity index (χ3n) is 5.65. The van der Waals surface area contributed by atoms with E-state index in [1.165, 1.54) is 5.56 Å². The molecule has 4 nitrogen and oxygen atoms in total. The Morgan fingerprint density at radius 3 is 2.16 bits per heavy atom. The standard InChI is InChI=1S/C27H28N2O2S/c1-18-5-15-23(16-6-18)29-24(30)17-32-26(29)20-9-13-22(14-10-20)28-25(31)19-7-11-21(12-8-19)27(2,3)4/h5-16,26H,17H2,1-4H3,(H,28,31). The summed E-state index contributed by atoms with van der Waals surface area (Å²) in [5, 5.41) is 2.90. The molecule has 3 aromatic rings. The number of benzene rings is 3. The van der Waals surface area contributed by atoms with E-state index in [1.807, 2.05) is 84.6 Å². The minimum Gasteiger partial charge on any atom is -0.322 e. The first-order valence-electron chi connectivity index (χ1n) is 10.7. The Morgan fingerprint density at radius 2 is 1.56 bits per heavy atom. The second kappa shape index (κ2) is 8.83. The van der Waals surface area contributed by atoms with Crippen LogP contribution in [0.25, 0.3) is 0 Å². The van der Waals surface area contributed by atoms with Gasteiger partial charge in [-0.05, 0) is 59.9 Å². The highest BCUT2D eigenvalue weighted by molar-refractivity contribution is 8.00. The van der Waals surface area contributed by atoms with Gasteiger partial charge in [0, 0.05) is 16.9 Å². The van der Waals surface area contributed by atoms with Crippen LogP contribution in [0.15, 0.2) is 72.8 Å². The monoisotopic (exact) mass is 444 g/mol. The Kier molecular flexibility index (Phi) is 6.11. The number of carbonyl (C=O) groups excluding carboxylic acids is 2. The summed E-state index contributed by atoms with van der Waals surface area (Å²) in [5.74, 6) is 0.437. The van der Waals surface area contributed by atoms with Crippen LogP contribution in [0.4, 0.5) is 11.4 Å². The number of anilines is 2. The largest absolute Gasteiger partial charge is 0.322 e. The average molecular weight is 445 g/mol. The second-order valence-corrected chi connectivity index (χ2v) is 10.2. The lowest BCUT2D eigenvalue weighted by atomic mass is 9.87. The summed E-state index contributed by atoms with van der Waals surface area (Å²) in [5.41, 5.74) is 5.72. The summed E-state index contributed by atoms with van der Waals surface area (Å²) >= 11 is 1.62. The lowest BCUT2D eigenvalue weighted by Crippen LogP contribution is -2.27. The zero-order valence-corrected chi connectivity index (χ0v) is 19.7. The number of aryl methyl sites for hydroxylation is 1. The minimum atomic E-state index is -0.134. The number of carbonyl (C=O) groups is 2. The summed E-state index contributed by atoms with van der Waals surface area (Å²) in [6.45, 7) is 8.49. The molecule has 0 saturated carbocycles. The maximum atomic E-state index is 12.7. The van der Waals surface area contributed by atoms with Gasteiger partial charge in [0.05, 0.1) is 5.75 Å². The predicted octanol–water partition coefficient (Wildman–Crippen LogP) is 6.32. The summed E-state index contributed by atoms with van der Waals surface area (Å²) in [6.07, 6.45) is 0. The third kappa shape index (κ3) is 4.73. The van der Waals surface area contributed by atoms with Crippen LogP contribution in [0.5, 0.6) is 0 Å². The molecule has 1 aliphatic heterocycles. The molecule has 164 valence electrons. The molecule has 1 fully saturated rings. The van der Waals surface area contributed by atoms with Crippen LogP contribution in [0.2, 0.25) is 0 Å². The van der Waals surface area contributed by atoms with Crippen LogP contribution in [-0.4, -0.2) is 17.6 Å². The Hall–Kier alpha value is -3.05. The molecule has 1 saturated heterocycles. The molecule has 1 unspecified atom stereocenters. The maximum absolute atomic E-state index is 12.7. The summed E-state index contributed by atoms with van der Waals surface area (Å²) in [6, 6.07) is 23.5. The summed E-state index contributed by atoms with van der Waals surface area (Å²) < 4.78 is 0. The molecule has 32 heavy (non-hydrogen) atoms. The van der Waals surface area contributed by atoms with Crippen molar-refractivity contribution in [3.8, 4) is 0 Å². The SMILES string of the molecule is Cc1ccc(N2C(=O)CSC2c2ccc(NC(=O)c3ccc(C(C)(C)C)cc3)cc2)cc1. The van der Waals surface area contributed by atoms with Gasteiger partial charge in [0.2, 0.25) is 5.91 Å². The van der Waals surface area contributed by atoms with Crippen molar-refractivity contribution in [3.05, 3.63) is 95.1 Å². The maximum Gasteiger partial charge on any atom is 0.255 e. The van der Waals surface area contributed by atoms with E-state index in [-0.39, 0.29) is 22.6 Å². The molecule has 1 N–H and O–H groups in total. The van der Waals surface area contributed by atoms with Crippen molar-refractivity contribution < 1.29 is 9.59 Å². The van der Waals surface area contributed by atoms with Gasteiger partial charge in [0.15, 0.2) is 0 Å². The number of hydrogen-bond acceptors (Lipinski definition) is 3. The van der Waals surface area contributed by atoms with E-state index in [1.54, 1.807) is 11.8 Å². The summed E-state index contributed by atoms with van der Waals surface area (Å²) in [7, 11) is 0. The number of nitrogens with one attached hydrogen (secondary N) is 1. The van der Waals surface area contributed by atoms with Crippen molar-refractivity contribution in [1.29, 1.82) is 0 Å². The average Bonchev–Trinajstić information content (AvgIpc) is 3.15. The van der Waals surface area contributed by atoms with E-state index in [0.717, 1.165) is 22.5 Å². The Bertz CT molecular complexity index is 1110. The second-order valence-electron chi connectivity index (χ2n) is 9.17. The molecule has 3 aromatic carbocycles. The zero-order chi connectivity index (χ0) is 22.9. The van der Waals surface area contributed by atoms with Gasteiger partial charge >= 0.3 is 0 Å².